The number of allylic oxidation sites excluding steroid dienone is 5. The van der Waals surface area contributed by atoms with Gasteiger partial charge in [-0.25, -0.2) is 0 Å². The van der Waals surface area contributed by atoms with Crippen molar-refractivity contribution >= 4 is 29.2 Å². The molecule has 3 aliphatic rings. The number of fused-ring (bicyclic) bond motifs is 1. The molecule has 5 heteroatoms. The number of benzene rings is 2. The van der Waals surface area contributed by atoms with Crippen LogP contribution in [0.1, 0.15) is 73.1 Å². The van der Waals surface area contributed by atoms with Gasteiger partial charge in [0, 0.05) is 40.4 Å². The van der Waals surface area contributed by atoms with Crippen LogP contribution in [0.25, 0.3) is 0 Å². The number of ether oxygens (including phenoxy) is 1. The molecule has 182 valence electrons. The summed E-state index contributed by atoms with van der Waals surface area (Å²) >= 11 is 0. The van der Waals surface area contributed by atoms with Crippen LogP contribution in [0.15, 0.2) is 99.6 Å². The van der Waals surface area contributed by atoms with Crippen molar-refractivity contribution in [1.82, 2.24) is 0 Å². The number of anilines is 1. The van der Waals surface area contributed by atoms with Gasteiger partial charge in [-0.3, -0.25) is 14.6 Å². The molecule has 5 nitrogen and oxygen atoms in total. The highest BCUT2D eigenvalue weighted by atomic mass is 16.5. The highest BCUT2D eigenvalue weighted by Gasteiger charge is 2.28. The zero-order chi connectivity index (χ0) is 25.1. The lowest BCUT2D eigenvalue weighted by molar-refractivity contribution is 0.100. The Morgan fingerprint density at radius 3 is 2.19 bits per heavy atom. The van der Waals surface area contributed by atoms with Crippen molar-refractivity contribution in [3.8, 4) is 0 Å². The van der Waals surface area contributed by atoms with E-state index < -0.39 is 0 Å². The number of hydrogen-bond acceptors (Lipinski definition) is 5. The van der Waals surface area contributed by atoms with Crippen molar-refractivity contribution in [1.29, 1.82) is 0 Å². The number of aliphatic imine (C=N–C) groups is 1. The lowest BCUT2D eigenvalue weighted by atomic mass is 9.86. The van der Waals surface area contributed by atoms with Crippen molar-refractivity contribution in [3.05, 3.63) is 106 Å². The van der Waals surface area contributed by atoms with Crippen molar-refractivity contribution in [2.75, 3.05) is 5.32 Å². The second-order valence-corrected chi connectivity index (χ2v) is 9.50. The summed E-state index contributed by atoms with van der Waals surface area (Å²) in [6, 6.07) is 14.9. The Balaban J connectivity index is 1.38. The number of rotatable bonds is 6. The quantitative estimate of drug-likeness (QED) is 0.342. The van der Waals surface area contributed by atoms with E-state index in [0.29, 0.717) is 11.1 Å². The predicted molar refractivity (Wildman–Crippen MR) is 144 cm³/mol. The SMILES string of the molecule is CC(=O)c1ccc(N=CC2=C3OC4=C(C=C3CCC2)CCC/C4=C\Nc2ccc(C(C)=O)cc2)cc1. The van der Waals surface area contributed by atoms with Crippen LogP contribution in [0.5, 0.6) is 0 Å². The van der Waals surface area contributed by atoms with Crippen molar-refractivity contribution in [2.24, 2.45) is 4.99 Å². The summed E-state index contributed by atoms with van der Waals surface area (Å²) in [7, 11) is 0. The Labute approximate surface area is 212 Å². The van der Waals surface area contributed by atoms with Gasteiger partial charge >= 0.3 is 0 Å². The fraction of sp³-hybridized carbons (Fsp3) is 0.258. The molecule has 0 fully saturated rings. The summed E-state index contributed by atoms with van der Waals surface area (Å²) in [5.41, 5.74) is 7.92. The normalized spacial score (nSPS) is 18.5. The zero-order valence-electron chi connectivity index (χ0n) is 20.8. The van der Waals surface area contributed by atoms with Crippen LogP contribution in [0.3, 0.4) is 0 Å². The number of Topliss-reactive ketones (excluding diaryl/α,β-unsaturated/α-hetero) is 2. The number of carbonyl (C=O) groups excluding carboxylic acids is 2. The van der Waals surface area contributed by atoms with Crippen LogP contribution in [-0.4, -0.2) is 17.8 Å². The number of nitrogens with zero attached hydrogens (tertiary/aromatic N) is 1. The molecule has 2 aliphatic carbocycles. The molecule has 0 unspecified atom stereocenters. The van der Waals surface area contributed by atoms with Gasteiger partial charge in [-0.1, -0.05) is 0 Å². The zero-order valence-corrected chi connectivity index (χ0v) is 20.8. The summed E-state index contributed by atoms with van der Waals surface area (Å²) in [5, 5.41) is 3.38. The Hall–Kier alpha value is -3.99. The Morgan fingerprint density at radius 1 is 0.833 bits per heavy atom. The first-order valence-corrected chi connectivity index (χ1v) is 12.5. The monoisotopic (exact) mass is 478 g/mol. The van der Waals surface area contributed by atoms with E-state index in [1.54, 1.807) is 13.8 Å². The van der Waals surface area contributed by atoms with Crippen molar-refractivity contribution in [3.63, 3.8) is 0 Å². The van der Waals surface area contributed by atoms with Crippen LogP contribution in [0.4, 0.5) is 11.4 Å². The molecule has 0 atom stereocenters. The van der Waals surface area contributed by atoms with Crippen LogP contribution in [0, 0.1) is 0 Å². The fourth-order valence-electron chi connectivity index (χ4n) is 4.82. The van der Waals surface area contributed by atoms with Crippen LogP contribution < -0.4 is 5.32 Å². The molecule has 0 radical (unpaired) electrons. The lowest BCUT2D eigenvalue weighted by Crippen LogP contribution is -2.16. The molecule has 0 amide bonds. The minimum absolute atomic E-state index is 0.0520. The van der Waals surface area contributed by atoms with Gasteiger partial charge in [0.2, 0.25) is 0 Å². The molecule has 2 aromatic rings. The molecule has 1 heterocycles. The predicted octanol–water partition coefficient (Wildman–Crippen LogP) is 7.62. The molecule has 5 rings (SSSR count). The van der Waals surface area contributed by atoms with Crippen LogP contribution in [0.2, 0.25) is 0 Å². The topological polar surface area (TPSA) is 67.8 Å². The van der Waals surface area contributed by atoms with Gasteiger partial charge < -0.3 is 10.1 Å². The van der Waals surface area contributed by atoms with E-state index in [-0.39, 0.29) is 11.6 Å². The maximum atomic E-state index is 11.5. The fourth-order valence-corrected chi connectivity index (χ4v) is 4.82. The first-order chi connectivity index (χ1) is 17.5. The summed E-state index contributed by atoms with van der Waals surface area (Å²) in [5.74, 6) is 2.00. The van der Waals surface area contributed by atoms with Gasteiger partial charge in [0.25, 0.3) is 0 Å². The second-order valence-electron chi connectivity index (χ2n) is 9.50. The first kappa shape index (κ1) is 23.7. The summed E-state index contributed by atoms with van der Waals surface area (Å²) in [6.45, 7) is 3.14. The molecule has 0 saturated carbocycles. The smallest absolute Gasteiger partial charge is 0.159 e. The van der Waals surface area contributed by atoms with E-state index in [1.165, 1.54) is 11.1 Å². The average molecular weight is 479 g/mol. The highest BCUT2D eigenvalue weighted by molar-refractivity contribution is 5.95. The first-order valence-electron chi connectivity index (χ1n) is 12.5. The standard InChI is InChI=1S/C31H30N2O3/c1-20(34)22-9-13-28(14-10-22)32-18-26-7-3-5-24-17-25-6-4-8-27(31(25)36-30(24)26)19-33-29-15-11-23(12-16-29)21(2)35/h9-19,32H,3-8H2,1-2H3/b26-18+,33-19?. The maximum Gasteiger partial charge on any atom is 0.159 e. The van der Waals surface area contributed by atoms with Crippen molar-refractivity contribution < 1.29 is 14.3 Å². The third-order valence-corrected chi connectivity index (χ3v) is 6.85. The van der Waals surface area contributed by atoms with Crippen LogP contribution >= 0.6 is 0 Å². The molecule has 1 aliphatic heterocycles. The molecular weight excluding hydrogens is 448 g/mol. The molecule has 0 spiro atoms. The maximum absolute atomic E-state index is 11.5. The number of carbonyl (C=O) groups is 2. The Bertz CT molecular complexity index is 1350. The number of ketones is 2. The molecule has 36 heavy (non-hydrogen) atoms. The molecular formula is C31H30N2O3. The number of hydrogen-bond donors (Lipinski definition) is 1. The van der Waals surface area contributed by atoms with E-state index in [1.807, 2.05) is 60.9 Å². The van der Waals surface area contributed by atoms with Gasteiger partial charge in [-0.15, -0.1) is 0 Å². The third kappa shape index (κ3) is 5.15. The van der Waals surface area contributed by atoms with E-state index >= 15 is 0 Å². The molecule has 2 aromatic carbocycles. The van der Waals surface area contributed by atoms with Gasteiger partial charge in [0.1, 0.15) is 11.5 Å². The Kier molecular flexibility index (Phi) is 6.81. The van der Waals surface area contributed by atoms with E-state index in [0.717, 1.165) is 72.6 Å². The van der Waals surface area contributed by atoms with Crippen LogP contribution in [-0.2, 0) is 4.74 Å². The molecule has 0 bridgehead atoms. The third-order valence-electron chi connectivity index (χ3n) is 6.85. The molecule has 0 aromatic heterocycles. The highest BCUT2D eigenvalue weighted by Crippen LogP contribution is 2.42. The van der Waals surface area contributed by atoms with Gasteiger partial charge in [-0.05, 0) is 118 Å². The summed E-state index contributed by atoms with van der Waals surface area (Å²) < 4.78 is 6.60. The van der Waals surface area contributed by atoms with E-state index in [2.05, 4.69) is 16.4 Å². The largest absolute Gasteiger partial charge is 0.456 e. The van der Waals surface area contributed by atoms with E-state index in [4.69, 9.17) is 4.74 Å². The molecule has 0 saturated heterocycles. The van der Waals surface area contributed by atoms with Gasteiger partial charge in [0.05, 0.1) is 5.69 Å². The average Bonchev–Trinajstić information content (AvgIpc) is 2.90. The minimum Gasteiger partial charge on any atom is -0.456 e. The van der Waals surface area contributed by atoms with Gasteiger partial charge in [-0.2, -0.15) is 0 Å². The molecule has 1 N–H and O–H groups in total. The lowest BCUT2D eigenvalue weighted by Gasteiger charge is -2.31. The van der Waals surface area contributed by atoms with E-state index in [9.17, 15) is 9.59 Å². The Morgan fingerprint density at radius 2 is 1.50 bits per heavy atom. The van der Waals surface area contributed by atoms with Gasteiger partial charge in [0.15, 0.2) is 11.6 Å². The second kappa shape index (κ2) is 10.3. The van der Waals surface area contributed by atoms with Crippen molar-refractivity contribution in [2.45, 2.75) is 52.4 Å². The summed E-state index contributed by atoms with van der Waals surface area (Å²) in [6.07, 6.45) is 12.3. The summed E-state index contributed by atoms with van der Waals surface area (Å²) in [4.78, 5) is 27.7. The number of nitrogens with one attached hydrogen (secondary N) is 1. The minimum atomic E-state index is 0.0520.